The Kier molecular flexibility index (Phi) is 7.04. The van der Waals surface area contributed by atoms with Crippen molar-refractivity contribution in [1.29, 1.82) is 0 Å². The molecule has 0 radical (unpaired) electrons. The van der Waals surface area contributed by atoms with Crippen molar-refractivity contribution in [2.45, 2.75) is 24.8 Å². The minimum atomic E-state index is -0.465. The number of carbonyl (C=O) groups excluding carboxylic acids is 2. The summed E-state index contributed by atoms with van der Waals surface area (Å²) >= 11 is 1.62. The van der Waals surface area contributed by atoms with Crippen LogP contribution in [-0.2, 0) is 16.0 Å². The summed E-state index contributed by atoms with van der Waals surface area (Å²) < 4.78 is 10.6. The summed E-state index contributed by atoms with van der Waals surface area (Å²) in [7, 11) is 3.20. The van der Waals surface area contributed by atoms with Crippen molar-refractivity contribution in [3.05, 3.63) is 59.7 Å². The largest absolute Gasteiger partial charge is 0.493 e. The maximum atomic E-state index is 12.8. The van der Waals surface area contributed by atoms with Crippen LogP contribution in [0.25, 0.3) is 0 Å². The van der Waals surface area contributed by atoms with E-state index < -0.39 is 6.04 Å². The van der Waals surface area contributed by atoms with Crippen LogP contribution in [0.4, 0.5) is 0 Å². The molecule has 2 aromatic rings. The molecule has 1 fully saturated rings. The number of hydrogen-bond acceptors (Lipinski definition) is 5. The van der Waals surface area contributed by atoms with Gasteiger partial charge in [-0.3, -0.25) is 9.59 Å². The van der Waals surface area contributed by atoms with Gasteiger partial charge in [0.1, 0.15) is 11.4 Å². The first-order chi connectivity index (χ1) is 14.0. The molecule has 2 amide bonds. The minimum Gasteiger partial charge on any atom is -0.493 e. The van der Waals surface area contributed by atoms with E-state index in [2.05, 4.69) is 5.32 Å². The van der Waals surface area contributed by atoms with Crippen molar-refractivity contribution in [2.24, 2.45) is 0 Å². The summed E-state index contributed by atoms with van der Waals surface area (Å²) in [5.41, 5.74) is 2.07. The van der Waals surface area contributed by atoms with E-state index in [1.54, 1.807) is 30.9 Å². The lowest BCUT2D eigenvalue weighted by atomic mass is 10.1. The Morgan fingerprint density at radius 3 is 2.48 bits per heavy atom. The van der Waals surface area contributed by atoms with E-state index in [9.17, 15) is 9.59 Å². The van der Waals surface area contributed by atoms with Crippen molar-refractivity contribution in [2.75, 3.05) is 26.5 Å². The van der Waals surface area contributed by atoms with E-state index in [1.165, 1.54) is 6.92 Å². The predicted molar refractivity (Wildman–Crippen MR) is 114 cm³/mol. The lowest BCUT2D eigenvalue weighted by Crippen LogP contribution is -2.47. The summed E-state index contributed by atoms with van der Waals surface area (Å²) in [5, 5.41) is 2.85. The van der Waals surface area contributed by atoms with Gasteiger partial charge in [-0.15, -0.1) is 11.8 Å². The highest BCUT2D eigenvalue weighted by Crippen LogP contribution is 2.41. The topological polar surface area (TPSA) is 67.9 Å². The van der Waals surface area contributed by atoms with Crippen molar-refractivity contribution in [3.63, 3.8) is 0 Å². The van der Waals surface area contributed by atoms with Crippen LogP contribution < -0.4 is 14.8 Å². The van der Waals surface area contributed by atoms with Gasteiger partial charge in [-0.1, -0.05) is 36.4 Å². The summed E-state index contributed by atoms with van der Waals surface area (Å²) in [6.07, 6.45) is 0.661. The van der Waals surface area contributed by atoms with Gasteiger partial charge in [0.15, 0.2) is 11.5 Å². The Labute approximate surface area is 175 Å². The monoisotopic (exact) mass is 414 g/mol. The second-order valence-electron chi connectivity index (χ2n) is 6.77. The van der Waals surface area contributed by atoms with Gasteiger partial charge < -0.3 is 19.7 Å². The summed E-state index contributed by atoms with van der Waals surface area (Å²) in [6, 6.07) is 15.1. The average molecular weight is 415 g/mol. The zero-order valence-corrected chi connectivity index (χ0v) is 17.7. The van der Waals surface area contributed by atoms with Crippen molar-refractivity contribution >= 4 is 23.6 Å². The van der Waals surface area contributed by atoms with E-state index in [0.717, 1.165) is 11.1 Å². The predicted octanol–water partition coefficient (Wildman–Crippen LogP) is 3.03. The molecule has 0 saturated carbocycles. The van der Waals surface area contributed by atoms with E-state index in [-0.39, 0.29) is 17.2 Å². The summed E-state index contributed by atoms with van der Waals surface area (Å²) in [4.78, 5) is 26.8. The average Bonchev–Trinajstić information content (AvgIpc) is 3.20. The third-order valence-corrected chi connectivity index (χ3v) is 6.24. The van der Waals surface area contributed by atoms with Gasteiger partial charge in [-0.05, 0) is 29.7 Å². The fourth-order valence-electron chi connectivity index (χ4n) is 3.45. The molecule has 0 aliphatic carbocycles. The van der Waals surface area contributed by atoms with Crippen LogP contribution in [-0.4, -0.2) is 49.3 Å². The molecule has 1 N–H and O–H groups in total. The molecule has 2 aromatic carbocycles. The number of thioether (sulfide) groups is 1. The molecule has 29 heavy (non-hydrogen) atoms. The quantitative estimate of drug-likeness (QED) is 0.754. The highest BCUT2D eigenvalue weighted by molar-refractivity contribution is 7.99. The highest BCUT2D eigenvalue weighted by atomic mass is 32.2. The van der Waals surface area contributed by atoms with Gasteiger partial charge in [-0.25, -0.2) is 0 Å². The van der Waals surface area contributed by atoms with Gasteiger partial charge in [0.05, 0.1) is 14.2 Å². The second kappa shape index (κ2) is 9.69. The SMILES string of the molecule is COc1ccc(CCNC(=O)[C@@H]2CS[C@@H](c3ccccc3)N2C(C)=O)cc1OC. The zero-order chi connectivity index (χ0) is 20.8. The molecule has 2 atom stereocenters. The molecule has 1 heterocycles. The Morgan fingerprint density at radius 1 is 1.10 bits per heavy atom. The number of carbonyl (C=O) groups is 2. The number of rotatable bonds is 7. The van der Waals surface area contributed by atoms with E-state index in [1.807, 2.05) is 48.5 Å². The third-order valence-electron chi connectivity index (χ3n) is 4.91. The number of hydrogen-bond donors (Lipinski definition) is 1. The first-order valence-electron chi connectivity index (χ1n) is 9.49. The number of amides is 2. The van der Waals surface area contributed by atoms with E-state index in [4.69, 9.17) is 9.47 Å². The molecule has 154 valence electrons. The van der Waals surface area contributed by atoms with Gasteiger partial charge in [0.25, 0.3) is 0 Å². The van der Waals surface area contributed by atoms with Crippen molar-refractivity contribution in [1.82, 2.24) is 10.2 Å². The fourth-order valence-corrected chi connectivity index (χ4v) is 4.93. The van der Waals surface area contributed by atoms with Crippen LogP contribution in [0.1, 0.15) is 23.4 Å². The van der Waals surface area contributed by atoms with Gasteiger partial charge >= 0.3 is 0 Å². The maximum absolute atomic E-state index is 12.8. The number of nitrogens with one attached hydrogen (secondary N) is 1. The Balaban J connectivity index is 1.61. The Hall–Kier alpha value is -2.67. The summed E-state index contributed by atoms with van der Waals surface area (Å²) in [5.74, 6) is 1.71. The normalized spacial score (nSPS) is 18.4. The minimum absolute atomic E-state index is 0.0936. The lowest BCUT2D eigenvalue weighted by Gasteiger charge is -2.27. The lowest BCUT2D eigenvalue weighted by molar-refractivity contribution is -0.138. The molecular weight excluding hydrogens is 388 g/mol. The first-order valence-corrected chi connectivity index (χ1v) is 10.5. The van der Waals surface area contributed by atoms with Crippen LogP contribution >= 0.6 is 11.8 Å². The van der Waals surface area contributed by atoms with Crippen LogP contribution in [0.15, 0.2) is 48.5 Å². The smallest absolute Gasteiger partial charge is 0.243 e. The van der Waals surface area contributed by atoms with Crippen LogP contribution in [0, 0.1) is 0 Å². The first kappa shape index (κ1) is 21.0. The molecule has 0 spiro atoms. The second-order valence-corrected chi connectivity index (χ2v) is 7.88. The molecule has 0 bridgehead atoms. The number of methoxy groups -OCH3 is 2. The summed E-state index contributed by atoms with van der Waals surface area (Å²) in [6.45, 7) is 2.00. The molecule has 6 nitrogen and oxygen atoms in total. The highest BCUT2D eigenvalue weighted by Gasteiger charge is 2.40. The maximum Gasteiger partial charge on any atom is 0.243 e. The van der Waals surface area contributed by atoms with E-state index >= 15 is 0 Å². The number of nitrogens with zero attached hydrogens (tertiary/aromatic N) is 1. The molecular formula is C22H26N2O4S. The third kappa shape index (κ3) is 4.85. The Bertz CT molecular complexity index is 859. The standard InChI is InChI=1S/C22H26N2O4S/c1-15(25)24-18(14-29-22(24)17-7-5-4-6-8-17)21(26)23-12-11-16-9-10-19(27-2)20(13-16)28-3/h4-10,13,18,22H,11-12,14H2,1-3H3,(H,23,26)/t18-,22-/m0/s1. The van der Waals surface area contributed by atoms with Crippen molar-refractivity contribution < 1.29 is 19.1 Å². The molecule has 0 unspecified atom stereocenters. The zero-order valence-electron chi connectivity index (χ0n) is 16.9. The van der Waals surface area contributed by atoms with Gasteiger partial charge in [-0.2, -0.15) is 0 Å². The molecule has 0 aromatic heterocycles. The van der Waals surface area contributed by atoms with Gasteiger partial charge in [0, 0.05) is 19.2 Å². The fraction of sp³-hybridized carbons (Fsp3) is 0.364. The van der Waals surface area contributed by atoms with Gasteiger partial charge in [0.2, 0.25) is 11.8 Å². The molecule has 1 aliphatic heterocycles. The molecule has 1 saturated heterocycles. The van der Waals surface area contributed by atoms with Crippen LogP contribution in [0.3, 0.4) is 0 Å². The van der Waals surface area contributed by atoms with Crippen LogP contribution in [0.5, 0.6) is 11.5 Å². The molecule has 3 rings (SSSR count). The van der Waals surface area contributed by atoms with E-state index in [0.29, 0.717) is 30.2 Å². The van der Waals surface area contributed by atoms with Crippen molar-refractivity contribution in [3.8, 4) is 11.5 Å². The number of ether oxygens (including phenoxy) is 2. The Morgan fingerprint density at radius 2 is 1.83 bits per heavy atom. The molecule has 1 aliphatic rings. The molecule has 7 heteroatoms. The van der Waals surface area contributed by atoms with Crippen LogP contribution in [0.2, 0.25) is 0 Å². The number of benzene rings is 2.